The molecule has 166 valence electrons. The first-order chi connectivity index (χ1) is 14.8. The van der Waals surface area contributed by atoms with Crippen molar-refractivity contribution in [3.8, 4) is 0 Å². The maximum Gasteiger partial charge on any atom is 0.340 e. The van der Waals surface area contributed by atoms with E-state index in [-0.39, 0.29) is 22.2 Å². The van der Waals surface area contributed by atoms with Gasteiger partial charge >= 0.3 is 5.97 Å². The summed E-state index contributed by atoms with van der Waals surface area (Å²) in [6.07, 6.45) is 3.20. The van der Waals surface area contributed by atoms with Crippen LogP contribution in [0.3, 0.4) is 0 Å². The quantitative estimate of drug-likeness (QED) is 0.639. The molecule has 2 aromatic rings. The number of thiophene rings is 1. The number of fused-ring (bicyclic) bond motifs is 1. The summed E-state index contributed by atoms with van der Waals surface area (Å²) in [4.78, 5) is 27.5. The SMILES string of the molecule is COC(=O)c1c(S(=O)(=O)NCc2ccc(C)cc2)sc2c1CCN(C(=O)CC1CC1)C2. The van der Waals surface area contributed by atoms with Gasteiger partial charge in [0.05, 0.1) is 19.2 Å². The zero-order valence-electron chi connectivity index (χ0n) is 17.6. The van der Waals surface area contributed by atoms with Crippen molar-refractivity contribution in [3.63, 3.8) is 0 Å². The molecule has 1 fully saturated rings. The van der Waals surface area contributed by atoms with Crippen LogP contribution in [0.4, 0.5) is 0 Å². The third kappa shape index (κ3) is 4.83. The smallest absolute Gasteiger partial charge is 0.340 e. The molecule has 9 heteroatoms. The van der Waals surface area contributed by atoms with Gasteiger partial charge in [-0.2, -0.15) is 0 Å². The van der Waals surface area contributed by atoms with E-state index in [1.54, 1.807) is 4.90 Å². The Balaban J connectivity index is 1.59. The average molecular weight is 463 g/mol. The molecule has 1 N–H and O–H groups in total. The van der Waals surface area contributed by atoms with Gasteiger partial charge in [0.15, 0.2) is 0 Å². The number of nitrogens with one attached hydrogen (secondary N) is 1. The van der Waals surface area contributed by atoms with Gasteiger partial charge in [-0.1, -0.05) is 29.8 Å². The fourth-order valence-electron chi connectivity index (χ4n) is 3.74. The molecule has 1 saturated carbocycles. The van der Waals surface area contributed by atoms with Gasteiger partial charge in [-0.3, -0.25) is 4.79 Å². The van der Waals surface area contributed by atoms with Crippen molar-refractivity contribution in [2.24, 2.45) is 5.92 Å². The summed E-state index contributed by atoms with van der Waals surface area (Å²) in [6, 6.07) is 7.56. The highest BCUT2D eigenvalue weighted by atomic mass is 32.2. The van der Waals surface area contributed by atoms with Gasteiger partial charge in [0.25, 0.3) is 10.0 Å². The van der Waals surface area contributed by atoms with Crippen molar-refractivity contribution in [3.05, 3.63) is 51.4 Å². The van der Waals surface area contributed by atoms with Gasteiger partial charge in [0, 0.05) is 24.4 Å². The fraction of sp³-hybridized carbons (Fsp3) is 0.455. The first-order valence-corrected chi connectivity index (χ1v) is 12.6. The Kier molecular flexibility index (Phi) is 6.18. The van der Waals surface area contributed by atoms with Crippen LogP contribution < -0.4 is 4.72 Å². The van der Waals surface area contributed by atoms with Gasteiger partial charge in [-0.15, -0.1) is 11.3 Å². The van der Waals surface area contributed by atoms with Crippen molar-refractivity contribution >= 4 is 33.2 Å². The predicted octanol–water partition coefficient (Wildman–Crippen LogP) is 3.01. The van der Waals surface area contributed by atoms with E-state index in [2.05, 4.69) is 4.72 Å². The summed E-state index contributed by atoms with van der Waals surface area (Å²) < 4.78 is 33.7. The molecule has 1 aliphatic carbocycles. The van der Waals surface area contributed by atoms with Crippen LogP contribution in [0.1, 0.15) is 51.2 Å². The summed E-state index contributed by atoms with van der Waals surface area (Å²) in [5.74, 6) is -0.0705. The molecule has 2 aliphatic rings. The molecule has 0 unspecified atom stereocenters. The van der Waals surface area contributed by atoms with E-state index in [0.717, 1.165) is 40.2 Å². The normalized spacial score (nSPS) is 16.1. The van der Waals surface area contributed by atoms with E-state index < -0.39 is 16.0 Å². The van der Waals surface area contributed by atoms with Crippen LogP contribution >= 0.6 is 11.3 Å². The maximum atomic E-state index is 13.1. The van der Waals surface area contributed by atoms with Crippen LogP contribution in [0.15, 0.2) is 28.5 Å². The van der Waals surface area contributed by atoms with Gasteiger partial charge in [-0.25, -0.2) is 17.9 Å². The maximum absolute atomic E-state index is 13.1. The lowest BCUT2D eigenvalue weighted by atomic mass is 10.0. The minimum absolute atomic E-state index is 0.0343. The zero-order valence-corrected chi connectivity index (χ0v) is 19.3. The topological polar surface area (TPSA) is 92.8 Å². The number of nitrogens with zero attached hydrogens (tertiary/aromatic N) is 1. The van der Waals surface area contributed by atoms with Crippen LogP contribution in [0.2, 0.25) is 0 Å². The molecule has 0 saturated heterocycles. The van der Waals surface area contributed by atoms with Crippen LogP contribution in [-0.4, -0.2) is 38.8 Å². The number of carbonyl (C=O) groups is 2. The second kappa shape index (κ2) is 8.72. The van der Waals surface area contributed by atoms with Crippen LogP contribution in [0.5, 0.6) is 0 Å². The average Bonchev–Trinajstić information content (AvgIpc) is 3.48. The molecule has 4 rings (SSSR count). The third-order valence-corrected chi connectivity index (χ3v) is 8.89. The molecule has 1 aromatic heterocycles. The highest BCUT2D eigenvalue weighted by molar-refractivity contribution is 7.91. The number of aryl methyl sites for hydroxylation is 1. The molecule has 0 radical (unpaired) electrons. The first kappa shape index (κ1) is 22.0. The van der Waals surface area contributed by atoms with Gasteiger partial charge in [0.2, 0.25) is 5.91 Å². The standard InChI is InChI=1S/C22H26N2O5S2/c1-14-3-5-16(6-4-14)12-23-31(27,28)22-20(21(26)29-2)17-9-10-24(13-18(17)30-22)19(25)11-15-7-8-15/h3-6,15,23H,7-13H2,1-2H3. The Labute approximate surface area is 186 Å². The summed E-state index contributed by atoms with van der Waals surface area (Å²) in [7, 11) is -2.68. The Morgan fingerprint density at radius 2 is 1.94 bits per heavy atom. The number of sulfonamides is 1. The second-order valence-corrected chi connectivity index (χ2v) is 11.2. The number of rotatable bonds is 7. The van der Waals surface area contributed by atoms with E-state index in [0.29, 0.717) is 37.4 Å². The molecule has 1 aliphatic heterocycles. The fourth-order valence-corrected chi connectivity index (χ4v) is 6.70. The van der Waals surface area contributed by atoms with E-state index >= 15 is 0 Å². The number of amides is 1. The number of methoxy groups -OCH3 is 1. The first-order valence-electron chi connectivity index (χ1n) is 10.3. The van der Waals surface area contributed by atoms with E-state index in [1.807, 2.05) is 31.2 Å². The molecule has 0 bridgehead atoms. The number of ether oxygens (including phenoxy) is 1. The van der Waals surface area contributed by atoms with Gasteiger partial charge < -0.3 is 9.64 Å². The van der Waals surface area contributed by atoms with Crippen LogP contribution in [0, 0.1) is 12.8 Å². The summed E-state index contributed by atoms with van der Waals surface area (Å²) >= 11 is 1.06. The molecular formula is C22H26N2O5S2. The lowest BCUT2D eigenvalue weighted by Gasteiger charge is -2.27. The van der Waals surface area contributed by atoms with Crippen molar-refractivity contribution in [2.75, 3.05) is 13.7 Å². The number of hydrogen-bond acceptors (Lipinski definition) is 6. The second-order valence-electron chi connectivity index (χ2n) is 8.18. The molecule has 0 atom stereocenters. The lowest BCUT2D eigenvalue weighted by molar-refractivity contribution is -0.132. The lowest BCUT2D eigenvalue weighted by Crippen LogP contribution is -2.35. The molecule has 31 heavy (non-hydrogen) atoms. The van der Waals surface area contributed by atoms with E-state index in [9.17, 15) is 18.0 Å². The predicted molar refractivity (Wildman–Crippen MR) is 117 cm³/mol. The van der Waals surface area contributed by atoms with E-state index in [4.69, 9.17) is 4.74 Å². The Morgan fingerprint density at radius 1 is 1.23 bits per heavy atom. The van der Waals surface area contributed by atoms with Crippen molar-refractivity contribution < 1.29 is 22.7 Å². The van der Waals surface area contributed by atoms with Crippen molar-refractivity contribution in [1.29, 1.82) is 0 Å². The minimum atomic E-state index is -3.93. The van der Waals surface area contributed by atoms with Crippen LogP contribution in [-0.2, 0) is 39.1 Å². The van der Waals surface area contributed by atoms with Crippen LogP contribution in [0.25, 0.3) is 0 Å². The Bertz CT molecular complexity index is 1100. The van der Waals surface area contributed by atoms with Gasteiger partial charge in [0.1, 0.15) is 4.21 Å². The van der Waals surface area contributed by atoms with E-state index in [1.165, 1.54) is 7.11 Å². The number of carbonyl (C=O) groups excluding carboxylic acids is 2. The largest absolute Gasteiger partial charge is 0.465 e. The molecule has 1 amide bonds. The molecule has 1 aromatic carbocycles. The monoisotopic (exact) mass is 462 g/mol. The Morgan fingerprint density at radius 3 is 2.58 bits per heavy atom. The van der Waals surface area contributed by atoms with Crippen molar-refractivity contribution in [1.82, 2.24) is 9.62 Å². The van der Waals surface area contributed by atoms with Gasteiger partial charge in [-0.05, 0) is 43.2 Å². The molecular weight excluding hydrogens is 436 g/mol. The molecule has 2 heterocycles. The number of benzene rings is 1. The summed E-state index contributed by atoms with van der Waals surface area (Å²) in [6.45, 7) is 2.90. The molecule has 0 spiro atoms. The summed E-state index contributed by atoms with van der Waals surface area (Å²) in [5, 5.41) is 0. The number of esters is 1. The zero-order chi connectivity index (χ0) is 22.2. The molecule has 7 nitrogen and oxygen atoms in total. The summed E-state index contributed by atoms with van der Waals surface area (Å²) in [5.41, 5.74) is 2.70. The van der Waals surface area contributed by atoms with Crippen molar-refractivity contribution in [2.45, 2.75) is 49.9 Å². The minimum Gasteiger partial charge on any atom is -0.465 e. The highest BCUT2D eigenvalue weighted by Gasteiger charge is 2.35. The Hall–Kier alpha value is -2.23. The highest BCUT2D eigenvalue weighted by Crippen LogP contribution is 2.38. The number of hydrogen-bond donors (Lipinski definition) is 1. The third-order valence-electron chi connectivity index (χ3n) is 5.76.